The predicted molar refractivity (Wildman–Crippen MR) is 70.2 cm³/mol. The number of amides is 1. The lowest BCUT2D eigenvalue weighted by Crippen LogP contribution is -2.66. The maximum absolute atomic E-state index is 11.5. The van der Waals surface area contributed by atoms with Crippen LogP contribution in [-0.2, 0) is 16.0 Å². The van der Waals surface area contributed by atoms with Gasteiger partial charge in [0.05, 0.1) is 7.11 Å². The first-order valence-electron chi connectivity index (χ1n) is 5.97. The second-order valence-corrected chi connectivity index (χ2v) is 4.49. The van der Waals surface area contributed by atoms with Gasteiger partial charge in [-0.05, 0) is 17.7 Å². The molecule has 20 heavy (non-hydrogen) atoms. The molecule has 0 fully saturated rings. The van der Waals surface area contributed by atoms with E-state index in [-0.39, 0.29) is 11.5 Å². The predicted octanol–water partition coefficient (Wildman–Crippen LogP) is -0.221. The third-order valence-electron chi connectivity index (χ3n) is 2.60. The van der Waals surface area contributed by atoms with Crippen LogP contribution in [0.2, 0.25) is 0 Å². The number of hydrogen-bond acceptors (Lipinski definition) is 5. The molecule has 1 amide bonds. The van der Waals surface area contributed by atoms with Crippen molar-refractivity contribution >= 4 is 12.1 Å². The van der Waals surface area contributed by atoms with Crippen LogP contribution in [0.25, 0.3) is 0 Å². The molecule has 0 aliphatic carbocycles. The van der Waals surface area contributed by atoms with E-state index in [1.807, 2.05) is 0 Å². The fraction of sp³-hybridized carbons (Fsp3) is 0.385. The largest absolute Gasteiger partial charge is 0.504 e. The summed E-state index contributed by atoms with van der Waals surface area (Å²) in [4.78, 5) is 24.0. The van der Waals surface area contributed by atoms with Crippen LogP contribution in [0.15, 0.2) is 18.2 Å². The number of esters is 1. The van der Waals surface area contributed by atoms with Crippen molar-refractivity contribution in [3.8, 4) is 11.5 Å². The average Bonchev–Trinajstić information content (AvgIpc) is 2.41. The van der Waals surface area contributed by atoms with Crippen molar-refractivity contribution in [1.29, 1.82) is 0 Å². The normalized spacial score (nSPS) is 11.6. The van der Waals surface area contributed by atoms with Crippen LogP contribution in [0.1, 0.15) is 5.56 Å². The van der Waals surface area contributed by atoms with Gasteiger partial charge in [0, 0.05) is 20.5 Å². The minimum absolute atomic E-state index is 0.0401. The van der Waals surface area contributed by atoms with Crippen molar-refractivity contribution in [2.24, 2.45) is 0 Å². The van der Waals surface area contributed by atoms with Crippen LogP contribution in [-0.4, -0.2) is 49.3 Å². The van der Waals surface area contributed by atoms with Crippen molar-refractivity contribution < 1.29 is 29.9 Å². The third kappa shape index (κ3) is 4.13. The Morgan fingerprint density at radius 1 is 1.40 bits per heavy atom. The van der Waals surface area contributed by atoms with E-state index in [0.29, 0.717) is 12.0 Å². The molecule has 1 atom stereocenters. The molecule has 0 spiro atoms. The minimum Gasteiger partial charge on any atom is -0.504 e. The molecule has 110 valence electrons. The Labute approximate surface area is 116 Å². The Bertz CT molecular complexity index is 502. The molecule has 0 aliphatic rings. The van der Waals surface area contributed by atoms with Gasteiger partial charge in [-0.3, -0.25) is 0 Å². The third-order valence-corrected chi connectivity index (χ3v) is 2.60. The summed E-state index contributed by atoms with van der Waals surface area (Å²) in [6.45, 7) is 0. The zero-order valence-electron chi connectivity index (χ0n) is 11.8. The number of hydrogen-bond donors (Lipinski definition) is 2. The first-order valence-corrected chi connectivity index (χ1v) is 5.97. The number of carbonyl (C=O) groups is 2. The molecular weight excluding hydrogens is 264 g/mol. The molecule has 4 N–H and O–H groups in total. The van der Waals surface area contributed by atoms with Crippen molar-refractivity contribution in [1.82, 2.24) is 4.90 Å². The number of carbonyl (C=O) groups excluding carboxylic acids is 2. The molecule has 7 heteroatoms. The number of rotatable bonds is 4. The number of aromatic hydroxyl groups is 1. The highest BCUT2D eigenvalue weighted by Crippen LogP contribution is 2.27. The highest BCUT2D eigenvalue weighted by molar-refractivity contribution is 5.74. The fourth-order valence-electron chi connectivity index (χ4n) is 1.49. The smallest absolute Gasteiger partial charge is 0.414 e. The van der Waals surface area contributed by atoms with Crippen LogP contribution >= 0.6 is 0 Å². The highest BCUT2D eigenvalue weighted by Gasteiger charge is 2.19. The molecule has 1 rings (SSSR count). The standard InChI is InChI=1S/C13H18N2O5/c1-15(2)13(18)20-11-7-8(4-5-10(11)16)6-9(14)12(17)19-3/h4-5,7,9,16H,6,14H2,1-3H3/p+1/t9-/m0/s1. The van der Waals surface area contributed by atoms with E-state index in [9.17, 15) is 14.7 Å². The molecule has 0 saturated heterocycles. The molecule has 0 unspecified atom stereocenters. The Kier molecular flexibility index (Phi) is 5.33. The topological polar surface area (TPSA) is 104 Å². The molecule has 0 radical (unpaired) electrons. The lowest BCUT2D eigenvalue weighted by Gasteiger charge is -2.13. The van der Waals surface area contributed by atoms with Gasteiger partial charge >= 0.3 is 12.1 Å². The molecule has 0 bridgehead atoms. The molecule has 1 aromatic rings. The number of benzene rings is 1. The lowest BCUT2D eigenvalue weighted by atomic mass is 10.1. The van der Waals surface area contributed by atoms with Crippen LogP contribution in [0.5, 0.6) is 11.5 Å². The summed E-state index contributed by atoms with van der Waals surface area (Å²) >= 11 is 0. The van der Waals surface area contributed by atoms with E-state index in [4.69, 9.17) is 4.74 Å². The summed E-state index contributed by atoms with van der Waals surface area (Å²) in [5.74, 6) is -0.536. The summed E-state index contributed by atoms with van der Waals surface area (Å²) in [6, 6.07) is 3.96. The number of phenolic OH excluding ortho intramolecular Hbond substituents is 1. The van der Waals surface area contributed by atoms with E-state index >= 15 is 0 Å². The fourth-order valence-corrected chi connectivity index (χ4v) is 1.49. The number of phenols is 1. The van der Waals surface area contributed by atoms with Crippen LogP contribution < -0.4 is 10.5 Å². The Morgan fingerprint density at radius 3 is 2.60 bits per heavy atom. The second kappa shape index (κ2) is 6.76. The number of nitrogens with zero attached hydrogens (tertiary/aromatic N) is 1. The van der Waals surface area contributed by atoms with Gasteiger partial charge in [0.15, 0.2) is 17.5 Å². The molecule has 1 aromatic carbocycles. The van der Waals surface area contributed by atoms with Crippen molar-refractivity contribution in [2.75, 3.05) is 21.2 Å². The van der Waals surface area contributed by atoms with Crippen LogP contribution in [0.3, 0.4) is 0 Å². The molecule has 0 aliphatic heterocycles. The molecule has 7 nitrogen and oxygen atoms in total. The molecular formula is C13H19N2O5+. The summed E-state index contributed by atoms with van der Waals surface area (Å²) in [5, 5.41) is 9.65. The molecule has 0 aromatic heterocycles. The van der Waals surface area contributed by atoms with Crippen LogP contribution in [0, 0.1) is 0 Å². The first kappa shape index (κ1) is 15.8. The van der Waals surface area contributed by atoms with Crippen molar-refractivity contribution in [3.05, 3.63) is 23.8 Å². The van der Waals surface area contributed by atoms with Gasteiger partial charge in [-0.25, -0.2) is 9.59 Å². The monoisotopic (exact) mass is 283 g/mol. The van der Waals surface area contributed by atoms with Gasteiger partial charge in [-0.2, -0.15) is 0 Å². The molecule has 0 saturated carbocycles. The average molecular weight is 283 g/mol. The van der Waals surface area contributed by atoms with Gasteiger partial charge in [-0.15, -0.1) is 0 Å². The van der Waals surface area contributed by atoms with Crippen molar-refractivity contribution in [3.63, 3.8) is 0 Å². The zero-order chi connectivity index (χ0) is 15.3. The van der Waals surface area contributed by atoms with Gasteiger partial charge in [0.2, 0.25) is 0 Å². The quantitative estimate of drug-likeness (QED) is 0.743. The van der Waals surface area contributed by atoms with Crippen LogP contribution in [0.4, 0.5) is 4.79 Å². The van der Waals surface area contributed by atoms with E-state index < -0.39 is 18.1 Å². The number of ether oxygens (including phenoxy) is 2. The van der Waals surface area contributed by atoms with E-state index in [1.165, 1.54) is 38.2 Å². The van der Waals surface area contributed by atoms with Gasteiger partial charge in [0.25, 0.3) is 0 Å². The van der Waals surface area contributed by atoms with E-state index in [2.05, 4.69) is 10.5 Å². The Balaban J connectivity index is 2.86. The van der Waals surface area contributed by atoms with Gasteiger partial charge in [-0.1, -0.05) is 6.07 Å². The number of quaternary nitrogens is 1. The summed E-state index contributed by atoms with van der Waals surface area (Å²) in [7, 11) is 4.36. The maximum atomic E-state index is 11.5. The van der Waals surface area contributed by atoms with E-state index in [1.54, 1.807) is 6.07 Å². The summed E-state index contributed by atoms with van der Waals surface area (Å²) in [5.41, 5.74) is 4.40. The lowest BCUT2D eigenvalue weighted by molar-refractivity contribution is -0.407. The highest BCUT2D eigenvalue weighted by atomic mass is 16.6. The molecule has 0 heterocycles. The summed E-state index contributed by atoms with van der Waals surface area (Å²) < 4.78 is 9.61. The SMILES string of the molecule is COC(=O)[C@@H]([NH3+])Cc1ccc(O)c(OC(=O)N(C)C)c1. The van der Waals surface area contributed by atoms with Crippen molar-refractivity contribution in [2.45, 2.75) is 12.5 Å². The Hall–Kier alpha value is -2.28. The second-order valence-electron chi connectivity index (χ2n) is 4.49. The number of methoxy groups -OCH3 is 1. The minimum atomic E-state index is -0.600. The maximum Gasteiger partial charge on any atom is 0.414 e. The van der Waals surface area contributed by atoms with E-state index in [0.717, 1.165) is 0 Å². The Morgan fingerprint density at radius 2 is 2.05 bits per heavy atom. The summed E-state index contributed by atoms with van der Waals surface area (Å²) in [6.07, 6.45) is -0.281. The van der Waals surface area contributed by atoms with Gasteiger partial charge < -0.3 is 25.2 Å². The first-order chi connectivity index (χ1) is 9.35. The van der Waals surface area contributed by atoms with Gasteiger partial charge in [0.1, 0.15) is 0 Å². The zero-order valence-corrected chi connectivity index (χ0v) is 11.8.